The number of hydrogen-bond acceptors (Lipinski definition) is 3. The summed E-state index contributed by atoms with van der Waals surface area (Å²) in [5.41, 5.74) is 2.18. The topological polar surface area (TPSA) is 66.0 Å². The predicted molar refractivity (Wildman–Crippen MR) is 136 cm³/mol. The van der Waals surface area contributed by atoms with Crippen LogP contribution in [0, 0.1) is 0 Å². The number of carbonyl (C=O) groups excluding carboxylic acids is 1. The maximum Gasteiger partial charge on any atom is 0.222 e. The van der Waals surface area contributed by atoms with E-state index in [1.807, 2.05) is 54.3 Å². The minimum Gasteiger partial charge on any atom is -0.489 e. The third-order valence-electron chi connectivity index (χ3n) is 5.15. The number of para-hydroxylation sites is 1. The zero-order valence-electron chi connectivity index (χ0n) is 18.3. The first-order chi connectivity index (χ1) is 14.7. The van der Waals surface area contributed by atoms with Crippen molar-refractivity contribution in [3.63, 3.8) is 0 Å². The van der Waals surface area contributed by atoms with Crippen molar-refractivity contribution < 1.29 is 9.53 Å². The maximum atomic E-state index is 11.9. The Morgan fingerprint density at radius 2 is 1.87 bits per heavy atom. The van der Waals surface area contributed by atoms with Crippen molar-refractivity contribution in [2.24, 2.45) is 4.99 Å². The monoisotopic (exact) mass is 536 g/mol. The van der Waals surface area contributed by atoms with Crippen molar-refractivity contribution >= 4 is 35.8 Å². The van der Waals surface area contributed by atoms with Crippen LogP contribution in [0.3, 0.4) is 0 Å². The predicted octanol–water partition coefficient (Wildman–Crippen LogP) is 3.95. The van der Waals surface area contributed by atoms with E-state index in [1.54, 1.807) is 0 Å². The molecule has 0 saturated carbocycles. The Kier molecular flexibility index (Phi) is 10.6. The molecule has 1 saturated heterocycles. The normalized spacial score (nSPS) is 15.9. The number of benzene rings is 2. The summed E-state index contributed by atoms with van der Waals surface area (Å²) in [6, 6.07) is 18.4. The fourth-order valence-corrected chi connectivity index (χ4v) is 3.52. The van der Waals surface area contributed by atoms with Crippen LogP contribution in [0.4, 0.5) is 0 Å². The summed E-state index contributed by atoms with van der Waals surface area (Å²) in [6.07, 6.45) is 1.49. The van der Waals surface area contributed by atoms with Crippen LogP contribution in [-0.2, 0) is 17.9 Å². The molecule has 1 heterocycles. The van der Waals surface area contributed by atoms with Crippen molar-refractivity contribution in [2.75, 3.05) is 19.6 Å². The quantitative estimate of drug-likeness (QED) is 0.305. The number of amides is 1. The molecule has 6 nitrogen and oxygen atoms in total. The van der Waals surface area contributed by atoms with Crippen LogP contribution in [-0.4, -0.2) is 42.4 Å². The highest BCUT2D eigenvalue weighted by atomic mass is 127. The zero-order chi connectivity index (χ0) is 21.2. The first-order valence-electron chi connectivity index (χ1n) is 10.8. The molecule has 2 N–H and O–H groups in total. The summed E-state index contributed by atoms with van der Waals surface area (Å²) in [7, 11) is 0. The summed E-state index contributed by atoms with van der Waals surface area (Å²) in [5, 5.41) is 6.79. The van der Waals surface area contributed by atoms with E-state index in [0.717, 1.165) is 48.9 Å². The number of halogens is 1. The van der Waals surface area contributed by atoms with Gasteiger partial charge < -0.3 is 20.3 Å². The van der Waals surface area contributed by atoms with Gasteiger partial charge in [-0.2, -0.15) is 0 Å². The molecule has 0 aliphatic carbocycles. The molecule has 2 aromatic rings. The fraction of sp³-hybridized carbons (Fsp3) is 0.417. The van der Waals surface area contributed by atoms with Crippen molar-refractivity contribution in [3.05, 3.63) is 65.7 Å². The lowest BCUT2D eigenvalue weighted by molar-refractivity contribution is -0.129. The van der Waals surface area contributed by atoms with Crippen molar-refractivity contribution in [1.29, 1.82) is 0 Å². The van der Waals surface area contributed by atoms with E-state index >= 15 is 0 Å². The van der Waals surface area contributed by atoms with E-state index in [2.05, 4.69) is 29.7 Å². The molecule has 168 valence electrons. The van der Waals surface area contributed by atoms with Crippen LogP contribution in [0.5, 0.6) is 5.75 Å². The molecule has 1 fully saturated rings. The molecule has 0 bridgehead atoms. The number of nitrogens with zero attached hydrogens (tertiary/aromatic N) is 2. The van der Waals surface area contributed by atoms with Gasteiger partial charge in [-0.15, -0.1) is 24.0 Å². The van der Waals surface area contributed by atoms with E-state index < -0.39 is 0 Å². The SMILES string of the molecule is CCNC(=NCc1ccccc1OCc1ccccc1)NC1CCN(C(=O)CC)C1.I. The van der Waals surface area contributed by atoms with Crippen LogP contribution < -0.4 is 15.4 Å². The van der Waals surface area contributed by atoms with E-state index in [0.29, 0.717) is 19.6 Å². The summed E-state index contributed by atoms with van der Waals surface area (Å²) in [6.45, 7) is 7.32. The Bertz CT molecular complexity index is 844. The molecule has 1 atom stereocenters. The van der Waals surface area contributed by atoms with Gasteiger partial charge in [0.25, 0.3) is 0 Å². The highest BCUT2D eigenvalue weighted by molar-refractivity contribution is 14.0. The summed E-state index contributed by atoms with van der Waals surface area (Å²) >= 11 is 0. The molecule has 2 aromatic carbocycles. The Morgan fingerprint density at radius 3 is 2.61 bits per heavy atom. The van der Waals surface area contributed by atoms with Crippen LogP contribution in [0.1, 0.15) is 37.8 Å². The standard InChI is InChI=1S/C24H32N4O2.HI/c1-3-23(29)28-15-14-21(17-28)27-24(25-4-2)26-16-20-12-8-9-13-22(20)30-18-19-10-6-5-7-11-19;/h5-13,21H,3-4,14-18H2,1-2H3,(H2,25,26,27);1H. The molecule has 31 heavy (non-hydrogen) atoms. The van der Waals surface area contributed by atoms with Crippen LogP contribution >= 0.6 is 24.0 Å². The summed E-state index contributed by atoms with van der Waals surface area (Å²) in [5.74, 6) is 1.83. The molecule has 1 aliphatic rings. The summed E-state index contributed by atoms with van der Waals surface area (Å²) < 4.78 is 6.05. The minimum absolute atomic E-state index is 0. The Balaban J connectivity index is 0.00000341. The first-order valence-corrected chi connectivity index (χ1v) is 10.8. The van der Waals surface area contributed by atoms with Gasteiger partial charge in [0.15, 0.2) is 5.96 Å². The lowest BCUT2D eigenvalue weighted by Crippen LogP contribution is -2.45. The molecule has 0 spiro atoms. The Hall–Kier alpha value is -2.29. The van der Waals surface area contributed by atoms with E-state index in [1.165, 1.54) is 0 Å². The van der Waals surface area contributed by atoms with Gasteiger partial charge in [0, 0.05) is 37.7 Å². The van der Waals surface area contributed by atoms with Gasteiger partial charge in [0.05, 0.1) is 6.54 Å². The molecule has 1 aliphatic heterocycles. The Morgan fingerprint density at radius 1 is 1.13 bits per heavy atom. The highest BCUT2D eigenvalue weighted by Crippen LogP contribution is 2.20. The van der Waals surface area contributed by atoms with E-state index in [9.17, 15) is 4.79 Å². The smallest absolute Gasteiger partial charge is 0.222 e. The van der Waals surface area contributed by atoms with E-state index in [-0.39, 0.29) is 35.9 Å². The van der Waals surface area contributed by atoms with Crippen molar-refractivity contribution in [2.45, 2.75) is 45.9 Å². The molecular weight excluding hydrogens is 503 g/mol. The van der Waals surface area contributed by atoms with Gasteiger partial charge in [-0.05, 0) is 25.0 Å². The van der Waals surface area contributed by atoms with Gasteiger partial charge in [0.1, 0.15) is 12.4 Å². The van der Waals surface area contributed by atoms with Gasteiger partial charge in [-0.25, -0.2) is 4.99 Å². The van der Waals surface area contributed by atoms with Gasteiger partial charge >= 0.3 is 0 Å². The molecular formula is C24H33IN4O2. The molecule has 0 radical (unpaired) electrons. The third kappa shape index (κ3) is 7.72. The third-order valence-corrected chi connectivity index (χ3v) is 5.15. The van der Waals surface area contributed by atoms with Gasteiger partial charge in [-0.3, -0.25) is 4.79 Å². The van der Waals surface area contributed by atoms with Crippen molar-refractivity contribution in [3.8, 4) is 5.75 Å². The second kappa shape index (κ2) is 13.2. The molecule has 3 rings (SSSR count). The number of nitrogens with one attached hydrogen (secondary N) is 2. The van der Waals surface area contributed by atoms with Crippen LogP contribution in [0.2, 0.25) is 0 Å². The fourth-order valence-electron chi connectivity index (χ4n) is 3.52. The number of likely N-dealkylation sites (tertiary alicyclic amines) is 1. The second-order valence-electron chi connectivity index (χ2n) is 7.40. The average Bonchev–Trinajstić information content (AvgIpc) is 3.25. The lowest BCUT2D eigenvalue weighted by atomic mass is 10.2. The van der Waals surface area contributed by atoms with Crippen molar-refractivity contribution in [1.82, 2.24) is 15.5 Å². The second-order valence-corrected chi connectivity index (χ2v) is 7.40. The Labute approximate surface area is 202 Å². The van der Waals surface area contributed by atoms with E-state index in [4.69, 9.17) is 9.73 Å². The first kappa shape index (κ1) is 25.0. The maximum absolute atomic E-state index is 11.9. The summed E-state index contributed by atoms with van der Waals surface area (Å²) in [4.78, 5) is 18.6. The van der Waals surface area contributed by atoms with Crippen LogP contribution in [0.15, 0.2) is 59.6 Å². The van der Waals surface area contributed by atoms with Gasteiger partial charge in [0.2, 0.25) is 5.91 Å². The lowest BCUT2D eigenvalue weighted by Gasteiger charge is -2.19. The largest absolute Gasteiger partial charge is 0.489 e. The highest BCUT2D eigenvalue weighted by Gasteiger charge is 2.25. The van der Waals surface area contributed by atoms with Gasteiger partial charge in [-0.1, -0.05) is 55.5 Å². The van der Waals surface area contributed by atoms with Crippen LogP contribution in [0.25, 0.3) is 0 Å². The molecule has 1 amide bonds. The molecule has 7 heteroatoms. The number of hydrogen-bond donors (Lipinski definition) is 2. The number of carbonyl (C=O) groups is 1. The molecule has 0 aromatic heterocycles. The number of guanidine groups is 1. The number of rotatable bonds is 8. The zero-order valence-corrected chi connectivity index (χ0v) is 20.7. The number of ether oxygens (including phenoxy) is 1. The molecule has 1 unspecified atom stereocenters. The average molecular weight is 536 g/mol. The number of aliphatic imine (C=N–C) groups is 1. The minimum atomic E-state index is 0.